The van der Waals surface area contributed by atoms with Crippen LogP contribution in [0.2, 0.25) is 0 Å². The van der Waals surface area contributed by atoms with Crippen molar-refractivity contribution < 1.29 is 0 Å². The molecule has 0 saturated heterocycles. The first-order valence-corrected chi connectivity index (χ1v) is 6.26. The molecule has 0 atom stereocenters. The van der Waals surface area contributed by atoms with E-state index in [4.69, 9.17) is 0 Å². The fourth-order valence-electron chi connectivity index (χ4n) is 1.93. The Kier molecular flexibility index (Phi) is 2.55. The van der Waals surface area contributed by atoms with Crippen LogP contribution in [0.1, 0.15) is 5.69 Å². The summed E-state index contributed by atoms with van der Waals surface area (Å²) in [5, 5.41) is 0. The highest BCUT2D eigenvalue weighted by Gasteiger charge is 2.16. The minimum Gasteiger partial charge on any atom is -0.349 e. The highest BCUT2D eigenvalue weighted by Crippen LogP contribution is 2.18. The van der Waals surface area contributed by atoms with Gasteiger partial charge in [0, 0.05) is 29.1 Å². The second kappa shape index (κ2) is 4.04. The van der Waals surface area contributed by atoms with Crippen molar-refractivity contribution in [1.82, 2.24) is 14.5 Å². The second-order valence-electron chi connectivity index (χ2n) is 3.83. The first-order chi connectivity index (χ1) is 7.83. The van der Waals surface area contributed by atoms with Crippen LogP contribution in [0.25, 0.3) is 0 Å². The molecule has 0 bridgehead atoms. The summed E-state index contributed by atoms with van der Waals surface area (Å²) in [6.07, 6.45) is 5.73. The Hall–Kier alpha value is -1.11. The largest absolute Gasteiger partial charge is 0.349 e. The molecule has 2 aromatic heterocycles. The van der Waals surface area contributed by atoms with Gasteiger partial charge in [-0.2, -0.15) is 0 Å². The average molecular weight is 326 g/mol. The highest BCUT2D eigenvalue weighted by atomic mass is 127. The number of nitrogens with zero attached hydrogens (tertiary/aromatic N) is 4. The molecule has 1 aliphatic heterocycles. The summed E-state index contributed by atoms with van der Waals surface area (Å²) in [5.41, 5.74) is 1.26. The Morgan fingerprint density at radius 3 is 2.94 bits per heavy atom. The summed E-state index contributed by atoms with van der Waals surface area (Å²) in [5.74, 6) is 1.05. The maximum Gasteiger partial charge on any atom is 0.128 e. The summed E-state index contributed by atoms with van der Waals surface area (Å²) >= 11 is 2.27. The van der Waals surface area contributed by atoms with Crippen LogP contribution < -0.4 is 4.90 Å². The lowest BCUT2D eigenvalue weighted by molar-refractivity contribution is 0.567. The van der Waals surface area contributed by atoms with Crippen LogP contribution in [0.4, 0.5) is 5.82 Å². The van der Waals surface area contributed by atoms with Crippen LogP contribution in [0.5, 0.6) is 0 Å². The van der Waals surface area contributed by atoms with Crippen LogP contribution >= 0.6 is 22.6 Å². The van der Waals surface area contributed by atoms with E-state index in [0.717, 1.165) is 25.5 Å². The lowest BCUT2D eigenvalue weighted by Gasteiger charge is -2.28. The minimum atomic E-state index is 0.896. The van der Waals surface area contributed by atoms with Crippen molar-refractivity contribution in [2.45, 2.75) is 13.1 Å². The molecule has 0 unspecified atom stereocenters. The summed E-state index contributed by atoms with van der Waals surface area (Å²) < 4.78 is 3.37. The molecule has 0 radical (unpaired) electrons. The van der Waals surface area contributed by atoms with Crippen molar-refractivity contribution in [3.8, 4) is 0 Å². The number of hydrogen-bond donors (Lipinski definition) is 0. The van der Waals surface area contributed by atoms with Crippen molar-refractivity contribution in [2.24, 2.45) is 0 Å². The van der Waals surface area contributed by atoms with Crippen molar-refractivity contribution >= 4 is 28.4 Å². The van der Waals surface area contributed by atoms with Gasteiger partial charge in [0.15, 0.2) is 0 Å². The number of rotatable bonds is 1. The first-order valence-electron chi connectivity index (χ1n) is 5.18. The Balaban J connectivity index is 1.86. The summed E-state index contributed by atoms with van der Waals surface area (Å²) in [4.78, 5) is 10.9. The van der Waals surface area contributed by atoms with Gasteiger partial charge >= 0.3 is 0 Å². The predicted molar refractivity (Wildman–Crippen MR) is 70.2 cm³/mol. The molecule has 5 heteroatoms. The molecule has 0 fully saturated rings. The third-order valence-corrected chi connectivity index (χ3v) is 3.44. The van der Waals surface area contributed by atoms with Crippen molar-refractivity contribution in [3.63, 3.8) is 0 Å². The molecule has 0 amide bonds. The number of fused-ring (bicyclic) bond motifs is 1. The van der Waals surface area contributed by atoms with Crippen molar-refractivity contribution in [2.75, 3.05) is 11.4 Å². The number of halogens is 1. The molecule has 0 spiro atoms. The second-order valence-corrected chi connectivity index (χ2v) is 5.08. The number of aromatic nitrogens is 3. The van der Waals surface area contributed by atoms with Gasteiger partial charge in [0.05, 0.1) is 18.6 Å². The van der Waals surface area contributed by atoms with Gasteiger partial charge in [0.2, 0.25) is 0 Å². The first kappa shape index (κ1) is 10.1. The Labute approximate surface area is 107 Å². The van der Waals surface area contributed by atoms with Gasteiger partial charge in [0.25, 0.3) is 0 Å². The zero-order valence-corrected chi connectivity index (χ0v) is 10.8. The molecule has 0 aliphatic carbocycles. The monoisotopic (exact) mass is 326 g/mol. The normalized spacial score (nSPS) is 14.9. The Bertz CT molecular complexity index is 491. The number of hydrogen-bond acceptors (Lipinski definition) is 3. The molecule has 1 aliphatic rings. The summed E-state index contributed by atoms with van der Waals surface area (Å²) in [6, 6.07) is 4.17. The van der Waals surface area contributed by atoms with E-state index in [9.17, 15) is 0 Å². The Morgan fingerprint density at radius 2 is 2.12 bits per heavy atom. The summed E-state index contributed by atoms with van der Waals surface area (Å²) in [7, 11) is 0. The maximum atomic E-state index is 4.45. The predicted octanol–water partition coefficient (Wildman–Crippen LogP) is 1.90. The number of imidazole rings is 1. The fourth-order valence-corrected chi connectivity index (χ4v) is 2.25. The van der Waals surface area contributed by atoms with Crippen LogP contribution in [0, 0.1) is 3.57 Å². The maximum absolute atomic E-state index is 4.45. The van der Waals surface area contributed by atoms with Crippen molar-refractivity contribution in [1.29, 1.82) is 0 Å². The minimum absolute atomic E-state index is 0.896. The van der Waals surface area contributed by atoms with Gasteiger partial charge in [-0.15, -0.1) is 0 Å². The molecule has 0 N–H and O–H groups in total. The van der Waals surface area contributed by atoms with Gasteiger partial charge in [-0.25, -0.2) is 9.97 Å². The van der Waals surface area contributed by atoms with E-state index in [2.05, 4.69) is 54.2 Å². The van der Waals surface area contributed by atoms with Crippen LogP contribution in [0.15, 0.2) is 30.9 Å². The molecule has 16 heavy (non-hydrogen) atoms. The van der Waals surface area contributed by atoms with E-state index in [1.807, 2.05) is 18.7 Å². The highest BCUT2D eigenvalue weighted by molar-refractivity contribution is 14.1. The van der Waals surface area contributed by atoms with Gasteiger partial charge in [-0.3, -0.25) is 0 Å². The van der Waals surface area contributed by atoms with Gasteiger partial charge in [0.1, 0.15) is 5.82 Å². The Morgan fingerprint density at radius 1 is 1.19 bits per heavy atom. The lowest BCUT2D eigenvalue weighted by Crippen LogP contribution is -2.33. The van der Waals surface area contributed by atoms with Crippen molar-refractivity contribution in [3.05, 3.63) is 40.1 Å². The topological polar surface area (TPSA) is 34.0 Å². The molecule has 3 rings (SSSR count). The van der Waals surface area contributed by atoms with Crippen LogP contribution in [0.3, 0.4) is 0 Å². The lowest BCUT2D eigenvalue weighted by atomic mass is 10.3. The van der Waals surface area contributed by atoms with Gasteiger partial charge in [-0.05, 0) is 34.7 Å². The molecule has 0 aromatic carbocycles. The van der Waals surface area contributed by atoms with Gasteiger partial charge in [-0.1, -0.05) is 0 Å². The van der Waals surface area contributed by atoms with E-state index in [-0.39, 0.29) is 0 Å². The SMILES string of the molecule is Ic1ccc(N2CCn3cncc3C2)nc1. The quantitative estimate of drug-likeness (QED) is 0.751. The third kappa shape index (κ3) is 1.79. The van der Waals surface area contributed by atoms with E-state index in [1.54, 1.807) is 0 Å². The van der Waals surface area contributed by atoms with Crippen LogP contribution in [-0.2, 0) is 13.1 Å². The fraction of sp³-hybridized carbons (Fsp3) is 0.273. The average Bonchev–Trinajstić information content (AvgIpc) is 2.77. The molecule has 2 aromatic rings. The number of pyridine rings is 1. The zero-order valence-electron chi connectivity index (χ0n) is 8.67. The van der Waals surface area contributed by atoms with E-state index in [1.165, 1.54) is 9.26 Å². The van der Waals surface area contributed by atoms with E-state index < -0.39 is 0 Å². The van der Waals surface area contributed by atoms with Gasteiger partial charge < -0.3 is 9.47 Å². The van der Waals surface area contributed by atoms with E-state index >= 15 is 0 Å². The number of anilines is 1. The van der Waals surface area contributed by atoms with E-state index in [0.29, 0.717) is 0 Å². The third-order valence-electron chi connectivity index (χ3n) is 2.80. The molecular weight excluding hydrogens is 315 g/mol. The molecule has 4 nitrogen and oxygen atoms in total. The molecule has 0 saturated carbocycles. The smallest absolute Gasteiger partial charge is 0.128 e. The molecular formula is C11H11IN4. The van der Waals surface area contributed by atoms with Crippen LogP contribution in [-0.4, -0.2) is 21.1 Å². The summed E-state index contributed by atoms with van der Waals surface area (Å²) in [6.45, 7) is 2.88. The zero-order chi connectivity index (χ0) is 11.0. The molecule has 3 heterocycles. The standard InChI is InChI=1S/C11H11IN4/c12-9-1-2-11(14-5-9)15-3-4-16-8-13-6-10(16)7-15/h1-2,5-6,8H,3-4,7H2. The molecule has 82 valence electrons.